The maximum Gasteiger partial charge on any atom is 0.0960 e. The minimum absolute atomic E-state index is 0.0204. The van der Waals surface area contributed by atoms with E-state index in [9.17, 15) is 6.48 Å². The van der Waals surface area contributed by atoms with Gasteiger partial charge in [-0.05, 0) is 62.8 Å². The topological polar surface area (TPSA) is 78.0 Å². The lowest BCUT2D eigenvalue weighted by molar-refractivity contribution is 0.0552. The molecule has 0 amide bonds. The van der Waals surface area contributed by atoms with Gasteiger partial charge in [-0.2, -0.15) is 0 Å². The van der Waals surface area contributed by atoms with Gasteiger partial charge >= 0.3 is 0 Å². The molecule has 3 aromatic heterocycles. The van der Waals surface area contributed by atoms with Crippen LogP contribution in [0.2, 0.25) is 0 Å². The first-order chi connectivity index (χ1) is 18.2. The van der Waals surface area contributed by atoms with Crippen molar-refractivity contribution in [2.24, 2.45) is 13.0 Å². The molecular formula is C30H33N5O2. The summed E-state index contributed by atoms with van der Waals surface area (Å²) in [5.74, 6) is 0.0204. The minimum atomic E-state index is -1.12. The fourth-order valence-electron chi connectivity index (χ4n) is 5.63. The number of aliphatic hydroxyl groups is 1. The molecule has 7 nitrogen and oxygen atoms in total. The Morgan fingerprint density at radius 2 is 1.84 bits per heavy atom. The van der Waals surface area contributed by atoms with Crippen LogP contribution in [-0.2, 0) is 17.4 Å². The molecule has 1 aliphatic heterocycles. The molecule has 7 heteroatoms. The van der Waals surface area contributed by atoms with E-state index in [4.69, 9.17) is 9.72 Å². The molecular weight excluding hydrogens is 462 g/mol. The SMILES string of the molecule is [2H][C@](c1ccccc1)(C1CCOCC1)n1c2cc(C(C)(C)O)ccc2c2ncc(-c3c(C)nnn3C)cc21. The van der Waals surface area contributed by atoms with E-state index in [1.54, 1.807) is 18.5 Å². The van der Waals surface area contributed by atoms with E-state index >= 15 is 0 Å². The summed E-state index contributed by atoms with van der Waals surface area (Å²) in [6.45, 7) is 6.79. The number of hydrogen-bond acceptors (Lipinski definition) is 5. The highest BCUT2D eigenvalue weighted by molar-refractivity contribution is 6.07. The van der Waals surface area contributed by atoms with Crippen LogP contribution in [0.25, 0.3) is 33.2 Å². The van der Waals surface area contributed by atoms with Crippen molar-refractivity contribution in [3.63, 3.8) is 0 Å². The molecule has 1 N–H and O–H groups in total. The maximum absolute atomic E-state index is 10.9. The van der Waals surface area contributed by atoms with Crippen LogP contribution in [-0.4, -0.2) is 42.9 Å². The van der Waals surface area contributed by atoms with Crippen LogP contribution in [0.4, 0.5) is 0 Å². The molecule has 190 valence electrons. The lowest BCUT2D eigenvalue weighted by Gasteiger charge is -2.33. The molecule has 4 heterocycles. The first kappa shape index (κ1) is 22.6. The smallest absolute Gasteiger partial charge is 0.0960 e. The third-order valence-corrected chi connectivity index (χ3v) is 7.50. The Bertz CT molecular complexity index is 1610. The normalized spacial score (nSPS) is 17.3. The number of benzene rings is 2. The van der Waals surface area contributed by atoms with E-state index in [2.05, 4.69) is 20.9 Å². The number of hydrogen-bond donors (Lipinski definition) is 1. The molecule has 1 atom stereocenters. The number of pyridine rings is 1. The Morgan fingerprint density at radius 3 is 2.51 bits per heavy atom. The van der Waals surface area contributed by atoms with Gasteiger partial charge in [-0.15, -0.1) is 5.10 Å². The van der Waals surface area contributed by atoms with Gasteiger partial charge in [-0.1, -0.05) is 47.7 Å². The molecule has 1 saturated heterocycles. The first-order valence-electron chi connectivity index (χ1n) is 13.4. The Balaban J connectivity index is 1.74. The van der Waals surface area contributed by atoms with E-state index in [1.807, 2.05) is 68.7 Å². The summed E-state index contributed by atoms with van der Waals surface area (Å²) in [5, 5.41) is 20.3. The van der Waals surface area contributed by atoms with Crippen molar-refractivity contribution in [1.82, 2.24) is 24.5 Å². The predicted molar refractivity (Wildman–Crippen MR) is 145 cm³/mol. The van der Waals surface area contributed by atoms with E-state index in [-0.39, 0.29) is 5.92 Å². The van der Waals surface area contributed by atoms with E-state index in [0.29, 0.717) is 13.2 Å². The van der Waals surface area contributed by atoms with Gasteiger partial charge in [-0.25, -0.2) is 4.68 Å². The Hall–Kier alpha value is -3.55. The molecule has 0 spiro atoms. The fraction of sp³-hybridized carbons (Fsp3) is 0.367. The third kappa shape index (κ3) is 4.12. The second kappa shape index (κ2) is 9.08. The zero-order valence-electron chi connectivity index (χ0n) is 22.8. The second-order valence-electron chi connectivity index (χ2n) is 10.5. The van der Waals surface area contributed by atoms with Crippen molar-refractivity contribution in [1.29, 1.82) is 0 Å². The second-order valence-corrected chi connectivity index (χ2v) is 10.5. The number of rotatable bonds is 5. The summed E-state index contributed by atoms with van der Waals surface area (Å²) in [7, 11) is 1.88. The highest BCUT2D eigenvalue weighted by atomic mass is 16.5. The van der Waals surface area contributed by atoms with Crippen molar-refractivity contribution in [3.8, 4) is 11.3 Å². The molecule has 6 rings (SSSR count). The number of aromatic nitrogens is 5. The lowest BCUT2D eigenvalue weighted by Crippen LogP contribution is -2.27. The van der Waals surface area contributed by atoms with E-state index in [1.165, 1.54) is 0 Å². The van der Waals surface area contributed by atoms with Crippen molar-refractivity contribution < 1.29 is 11.2 Å². The first-order valence-corrected chi connectivity index (χ1v) is 12.9. The fourth-order valence-corrected chi connectivity index (χ4v) is 5.63. The van der Waals surface area contributed by atoms with Gasteiger partial charge in [0.1, 0.15) is 0 Å². The zero-order chi connectivity index (χ0) is 26.7. The lowest BCUT2D eigenvalue weighted by atomic mass is 9.86. The molecule has 2 aromatic carbocycles. The maximum atomic E-state index is 10.9. The Labute approximate surface area is 218 Å². The van der Waals surface area contributed by atoms with Gasteiger partial charge < -0.3 is 14.4 Å². The molecule has 37 heavy (non-hydrogen) atoms. The van der Waals surface area contributed by atoms with Gasteiger partial charge in [0.05, 0.1) is 40.9 Å². The van der Waals surface area contributed by atoms with Crippen LogP contribution in [0.5, 0.6) is 0 Å². The van der Waals surface area contributed by atoms with Gasteiger partial charge in [0.25, 0.3) is 0 Å². The van der Waals surface area contributed by atoms with Gasteiger partial charge in [0.15, 0.2) is 0 Å². The molecule has 0 saturated carbocycles. The van der Waals surface area contributed by atoms with Crippen LogP contribution in [0, 0.1) is 12.8 Å². The highest BCUT2D eigenvalue weighted by Gasteiger charge is 2.31. The number of aryl methyl sites for hydroxylation is 2. The number of fused-ring (bicyclic) bond motifs is 3. The number of nitrogens with zero attached hydrogens (tertiary/aromatic N) is 5. The summed E-state index contributed by atoms with van der Waals surface area (Å²) < 4.78 is 20.0. The summed E-state index contributed by atoms with van der Waals surface area (Å²) in [4.78, 5) is 4.95. The van der Waals surface area contributed by atoms with E-state index in [0.717, 1.165) is 62.9 Å². The minimum Gasteiger partial charge on any atom is -0.386 e. The van der Waals surface area contributed by atoms with Crippen LogP contribution >= 0.6 is 0 Å². The van der Waals surface area contributed by atoms with Crippen molar-refractivity contribution >= 4 is 21.9 Å². The van der Waals surface area contributed by atoms with Gasteiger partial charge in [-0.3, -0.25) is 4.98 Å². The van der Waals surface area contributed by atoms with Gasteiger partial charge in [0.2, 0.25) is 0 Å². The van der Waals surface area contributed by atoms with E-state index < -0.39 is 11.6 Å². The summed E-state index contributed by atoms with van der Waals surface area (Å²) >= 11 is 0. The average molecular weight is 497 g/mol. The standard InChI is InChI=1S/C30H33N5O2/c1-19-28(34(4)33-32-19)22-16-26-27(31-18-22)24-11-10-23(30(2,3)36)17-25(24)35(26)29(20-8-6-5-7-9-20)21-12-14-37-15-13-21/h5-11,16-18,21,29,36H,12-15H2,1-4H3/t29-/m0/s1/i29D. The van der Waals surface area contributed by atoms with Crippen LogP contribution in [0.15, 0.2) is 60.8 Å². The highest BCUT2D eigenvalue weighted by Crippen LogP contribution is 2.42. The summed E-state index contributed by atoms with van der Waals surface area (Å²) in [5.41, 5.74) is 5.90. The van der Waals surface area contributed by atoms with Crippen LogP contribution in [0.3, 0.4) is 0 Å². The largest absolute Gasteiger partial charge is 0.386 e. The summed E-state index contributed by atoms with van der Waals surface area (Å²) in [6.07, 6.45) is 3.43. The molecule has 1 fully saturated rings. The Morgan fingerprint density at radius 1 is 1.08 bits per heavy atom. The average Bonchev–Trinajstić information content (AvgIpc) is 3.44. The quantitative estimate of drug-likeness (QED) is 0.346. The summed E-state index contributed by atoms with van der Waals surface area (Å²) in [6, 6.07) is 17.1. The molecule has 0 unspecified atom stereocenters. The molecule has 1 aliphatic rings. The van der Waals surface area contributed by atoms with Crippen molar-refractivity contribution in [3.05, 3.63) is 77.6 Å². The molecule has 0 aliphatic carbocycles. The van der Waals surface area contributed by atoms with Crippen LogP contribution < -0.4 is 0 Å². The third-order valence-electron chi connectivity index (χ3n) is 7.50. The number of ether oxygens (including phenoxy) is 1. The van der Waals surface area contributed by atoms with Gasteiger partial charge in [0, 0.05) is 37.4 Å². The molecule has 0 radical (unpaired) electrons. The predicted octanol–water partition coefficient (Wildman–Crippen LogP) is 5.54. The van der Waals surface area contributed by atoms with Crippen molar-refractivity contribution in [2.45, 2.75) is 45.2 Å². The Kier molecular flexibility index (Phi) is 5.55. The molecule has 0 bridgehead atoms. The van der Waals surface area contributed by atoms with Crippen molar-refractivity contribution in [2.75, 3.05) is 13.2 Å². The molecule has 5 aromatic rings. The van der Waals surface area contributed by atoms with Crippen LogP contribution in [0.1, 0.15) is 50.9 Å². The zero-order valence-corrected chi connectivity index (χ0v) is 21.8. The monoisotopic (exact) mass is 496 g/mol.